The van der Waals surface area contributed by atoms with Crippen LogP contribution in [0.15, 0.2) is 29.1 Å². The molecule has 3 aromatic rings. The predicted octanol–water partition coefficient (Wildman–Crippen LogP) is 4.56. The first-order valence-corrected chi connectivity index (χ1v) is 12.2. The number of aromatic nitrogens is 3. The highest BCUT2D eigenvalue weighted by atomic mass is 16.1. The first-order chi connectivity index (χ1) is 15.3. The van der Waals surface area contributed by atoms with Crippen LogP contribution in [0.3, 0.4) is 0 Å². The molecule has 162 valence electrons. The molecule has 5 nitrogen and oxygen atoms in total. The van der Waals surface area contributed by atoms with E-state index in [-0.39, 0.29) is 5.56 Å². The van der Waals surface area contributed by atoms with Crippen molar-refractivity contribution >= 4 is 11.0 Å². The molecule has 0 spiro atoms. The van der Waals surface area contributed by atoms with Crippen molar-refractivity contribution in [3.8, 4) is 0 Å². The van der Waals surface area contributed by atoms with E-state index in [1.807, 2.05) is 0 Å². The molecule has 2 aromatic heterocycles. The maximum atomic E-state index is 12.9. The van der Waals surface area contributed by atoms with Crippen LogP contribution in [0.4, 0.5) is 0 Å². The summed E-state index contributed by atoms with van der Waals surface area (Å²) in [7, 11) is 0. The fraction of sp³-hybridized carbons (Fsp3) is 0.538. The standard InChI is InChI=1S/C26H32N4O/c31-26-22-13-2-1-12-21(22)23-24(19-8-4-9-19)29-30(25(23)28-26)16-18-7-3-6-17(14-18)15-27-20-10-5-11-20/h3,6-7,14,19-20,27H,1-2,4-5,8-13,15-16H2,(H,28,31). The lowest BCUT2D eigenvalue weighted by molar-refractivity contribution is 0.338. The monoisotopic (exact) mass is 416 g/mol. The number of benzene rings is 1. The van der Waals surface area contributed by atoms with Crippen LogP contribution in [0.1, 0.15) is 85.2 Å². The number of H-pyrrole nitrogens is 1. The Hall–Kier alpha value is -2.40. The Labute approximate surface area is 183 Å². The zero-order valence-corrected chi connectivity index (χ0v) is 18.3. The van der Waals surface area contributed by atoms with Gasteiger partial charge in [0.15, 0.2) is 0 Å². The first-order valence-electron chi connectivity index (χ1n) is 12.2. The highest BCUT2D eigenvalue weighted by molar-refractivity contribution is 5.84. The topological polar surface area (TPSA) is 62.7 Å². The molecule has 0 unspecified atom stereocenters. The Morgan fingerprint density at radius 1 is 1.00 bits per heavy atom. The number of fused-ring (bicyclic) bond motifs is 3. The summed E-state index contributed by atoms with van der Waals surface area (Å²) in [6.07, 6.45) is 11.9. The minimum absolute atomic E-state index is 0.0990. The highest BCUT2D eigenvalue weighted by Gasteiger charge is 2.29. The van der Waals surface area contributed by atoms with E-state index in [9.17, 15) is 4.79 Å². The molecule has 2 saturated carbocycles. The zero-order valence-electron chi connectivity index (χ0n) is 18.3. The molecule has 3 aliphatic carbocycles. The molecule has 0 radical (unpaired) electrons. The Morgan fingerprint density at radius 3 is 2.52 bits per heavy atom. The van der Waals surface area contributed by atoms with E-state index < -0.39 is 0 Å². The number of aryl methyl sites for hydroxylation is 1. The van der Waals surface area contributed by atoms with E-state index in [0.717, 1.165) is 37.0 Å². The van der Waals surface area contributed by atoms with Crippen LogP contribution in [-0.4, -0.2) is 20.8 Å². The molecule has 2 fully saturated rings. The molecule has 3 aliphatic rings. The van der Waals surface area contributed by atoms with E-state index >= 15 is 0 Å². The summed E-state index contributed by atoms with van der Waals surface area (Å²) in [5.74, 6) is 0.554. The van der Waals surface area contributed by atoms with Crippen molar-refractivity contribution in [1.82, 2.24) is 20.1 Å². The Morgan fingerprint density at radius 2 is 1.77 bits per heavy atom. The summed E-state index contributed by atoms with van der Waals surface area (Å²) < 4.78 is 2.07. The number of nitrogens with one attached hydrogen (secondary N) is 2. The Kier molecular flexibility index (Phi) is 4.94. The summed E-state index contributed by atoms with van der Waals surface area (Å²) in [5, 5.41) is 10.0. The van der Waals surface area contributed by atoms with Crippen LogP contribution in [0.25, 0.3) is 11.0 Å². The maximum absolute atomic E-state index is 12.9. The minimum atomic E-state index is 0.0990. The molecule has 5 heteroatoms. The summed E-state index contributed by atoms with van der Waals surface area (Å²) >= 11 is 0. The number of aromatic amines is 1. The van der Waals surface area contributed by atoms with Gasteiger partial charge in [0.2, 0.25) is 0 Å². The normalized spacial score (nSPS) is 19.2. The molecule has 2 N–H and O–H groups in total. The summed E-state index contributed by atoms with van der Waals surface area (Å²) in [5.41, 5.74) is 7.15. The molecule has 0 saturated heterocycles. The summed E-state index contributed by atoms with van der Waals surface area (Å²) in [6, 6.07) is 9.52. The number of rotatable bonds is 6. The quantitative estimate of drug-likeness (QED) is 0.619. The van der Waals surface area contributed by atoms with Crippen LogP contribution in [0, 0.1) is 0 Å². The van der Waals surface area contributed by atoms with Crippen molar-refractivity contribution < 1.29 is 0 Å². The molecule has 2 heterocycles. The van der Waals surface area contributed by atoms with Crippen LogP contribution >= 0.6 is 0 Å². The van der Waals surface area contributed by atoms with Gasteiger partial charge in [0, 0.05) is 29.5 Å². The Balaban J connectivity index is 1.36. The van der Waals surface area contributed by atoms with Crippen molar-refractivity contribution in [2.75, 3.05) is 0 Å². The average molecular weight is 417 g/mol. The van der Waals surface area contributed by atoms with Gasteiger partial charge in [-0.05, 0) is 68.1 Å². The molecular formula is C26H32N4O. The van der Waals surface area contributed by atoms with Crippen LogP contribution < -0.4 is 10.9 Å². The number of hydrogen-bond acceptors (Lipinski definition) is 3. The average Bonchev–Trinajstić information content (AvgIpc) is 3.04. The Bertz CT molecular complexity index is 1170. The van der Waals surface area contributed by atoms with Crippen molar-refractivity contribution in [2.45, 2.75) is 89.3 Å². The number of nitrogens with zero attached hydrogens (tertiary/aromatic N) is 2. The molecular weight excluding hydrogens is 384 g/mol. The van der Waals surface area contributed by atoms with E-state index in [0.29, 0.717) is 18.5 Å². The van der Waals surface area contributed by atoms with Gasteiger partial charge in [0.1, 0.15) is 5.65 Å². The van der Waals surface area contributed by atoms with Gasteiger partial charge in [-0.3, -0.25) is 4.79 Å². The van der Waals surface area contributed by atoms with Gasteiger partial charge in [0.25, 0.3) is 5.56 Å². The number of hydrogen-bond donors (Lipinski definition) is 2. The second-order valence-electron chi connectivity index (χ2n) is 9.84. The molecule has 0 amide bonds. The third-order valence-electron chi connectivity index (χ3n) is 7.77. The van der Waals surface area contributed by atoms with E-state index in [1.54, 1.807) is 0 Å². The second-order valence-corrected chi connectivity index (χ2v) is 9.84. The van der Waals surface area contributed by atoms with Crippen LogP contribution in [0.5, 0.6) is 0 Å². The van der Waals surface area contributed by atoms with Crippen molar-refractivity contribution in [3.05, 3.63) is 62.6 Å². The lowest BCUT2D eigenvalue weighted by atomic mass is 9.80. The highest BCUT2D eigenvalue weighted by Crippen LogP contribution is 2.41. The lowest BCUT2D eigenvalue weighted by Gasteiger charge is -2.26. The third-order valence-corrected chi connectivity index (χ3v) is 7.77. The van der Waals surface area contributed by atoms with Gasteiger partial charge in [0.05, 0.1) is 12.2 Å². The largest absolute Gasteiger partial charge is 0.310 e. The van der Waals surface area contributed by atoms with Crippen LogP contribution in [-0.2, 0) is 25.9 Å². The number of pyridine rings is 1. The third kappa shape index (κ3) is 3.53. The predicted molar refractivity (Wildman–Crippen MR) is 124 cm³/mol. The molecule has 31 heavy (non-hydrogen) atoms. The van der Waals surface area contributed by atoms with Gasteiger partial charge in [-0.2, -0.15) is 5.10 Å². The smallest absolute Gasteiger partial charge is 0.253 e. The van der Waals surface area contributed by atoms with Crippen molar-refractivity contribution in [1.29, 1.82) is 0 Å². The van der Waals surface area contributed by atoms with Gasteiger partial charge in [-0.25, -0.2) is 4.68 Å². The lowest BCUT2D eigenvalue weighted by Crippen LogP contribution is -2.34. The molecule has 6 rings (SSSR count). The zero-order chi connectivity index (χ0) is 20.8. The fourth-order valence-electron chi connectivity index (χ4n) is 5.49. The first kappa shape index (κ1) is 19.3. The summed E-state index contributed by atoms with van der Waals surface area (Å²) in [4.78, 5) is 16.1. The minimum Gasteiger partial charge on any atom is -0.310 e. The molecule has 0 atom stereocenters. The van der Waals surface area contributed by atoms with Gasteiger partial charge in [-0.15, -0.1) is 0 Å². The maximum Gasteiger partial charge on any atom is 0.253 e. The SMILES string of the molecule is O=c1[nH]c2c(c(C3CCC3)nn2Cc2cccc(CNC3CCC3)c2)c2c1CCCC2. The summed E-state index contributed by atoms with van der Waals surface area (Å²) in [6.45, 7) is 1.63. The van der Waals surface area contributed by atoms with Crippen LogP contribution in [0.2, 0.25) is 0 Å². The van der Waals surface area contributed by atoms with Crippen molar-refractivity contribution in [2.24, 2.45) is 0 Å². The van der Waals surface area contributed by atoms with E-state index in [2.05, 4.69) is 39.2 Å². The molecule has 1 aromatic carbocycles. The molecule has 0 aliphatic heterocycles. The van der Waals surface area contributed by atoms with E-state index in [4.69, 9.17) is 5.10 Å². The van der Waals surface area contributed by atoms with E-state index in [1.165, 1.54) is 72.7 Å². The van der Waals surface area contributed by atoms with Crippen molar-refractivity contribution in [3.63, 3.8) is 0 Å². The van der Waals surface area contributed by atoms with Gasteiger partial charge >= 0.3 is 0 Å². The van der Waals surface area contributed by atoms with Gasteiger partial charge in [-0.1, -0.05) is 37.1 Å². The second kappa shape index (κ2) is 7.94. The molecule has 0 bridgehead atoms. The van der Waals surface area contributed by atoms with Gasteiger partial charge < -0.3 is 10.3 Å². The fourth-order valence-corrected chi connectivity index (χ4v) is 5.49.